The van der Waals surface area contributed by atoms with E-state index in [0.717, 1.165) is 12.1 Å². The monoisotopic (exact) mass is 169 g/mol. The van der Waals surface area contributed by atoms with Crippen LogP contribution in [0.4, 0.5) is 0 Å². The van der Waals surface area contributed by atoms with E-state index in [4.69, 9.17) is 5.11 Å². The molecule has 0 saturated heterocycles. The van der Waals surface area contributed by atoms with Crippen molar-refractivity contribution < 1.29 is 5.11 Å². The Morgan fingerprint density at radius 1 is 1.50 bits per heavy atom. The van der Waals surface area contributed by atoms with Gasteiger partial charge in [-0.3, -0.25) is 0 Å². The predicted molar refractivity (Wildman–Crippen MR) is 55.2 cm³/mol. The van der Waals surface area contributed by atoms with Crippen LogP contribution in [0.3, 0.4) is 0 Å². The van der Waals surface area contributed by atoms with Crippen molar-refractivity contribution in [2.75, 3.05) is 19.7 Å². The molecule has 2 nitrogen and oxygen atoms in total. The predicted octanol–water partition coefficient (Wildman–Crippen LogP) is 1.50. The molecule has 0 aliphatic carbocycles. The summed E-state index contributed by atoms with van der Waals surface area (Å²) in [5.41, 5.74) is 1.16. The molecule has 0 aromatic carbocycles. The third-order valence-electron chi connectivity index (χ3n) is 1.25. The summed E-state index contributed by atoms with van der Waals surface area (Å²) in [7, 11) is 0. The van der Waals surface area contributed by atoms with Crippen LogP contribution in [0, 0.1) is 0 Å². The number of hydrogen-bond donors (Lipinski definition) is 2. The number of aliphatic hydroxyl groups is 1. The maximum Gasteiger partial charge on any atom is 0.0556 e. The van der Waals surface area contributed by atoms with Gasteiger partial charge in [-0.15, -0.1) is 13.2 Å². The molecule has 0 aromatic rings. The minimum absolute atomic E-state index is 0.189. The summed E-state index contributed by atoms with van der Waals surface area (Å²) >= 11 is 0. The quantitative estimate of drug-likeness (QED) is 0.371. The van der Waals surface area contributed by atoms with Gasteiger partial charge in [0.15, 0.2) is 0 Å². The van der Waals surface area contributed by atoms with Gasteiger partial charge in [0, 0.05) is 13.1 Å². The average Bonchev–Trinajstić information content (AvgIpc) is 2.16. The van der Waals surface area contributed by atoms with Gasteiger partial charge in [0.25, 0.3) is 0 Å². The number of allylic oxidation sites excluding steroid dienone is 1. The average molecular weight is 169 g/mol. The van der Waals surface area contributed by atoms with Crippen LogP contribution in [0.2, 0.25) is 0 Å². The molecule has 0 fully saturated rings. The van der Waals surface area contributed by atoms with Crippen molar-refractivity contribution in [3.8, 4) is 0 Å². The highest BCUT2D eigenvalue weighted by atomic mass is 16.3. The number of nitrogens with one attached hydrogen (secondary N) is 1. The Balaban J connectivity index is 0. The third-order valence-corrected chi connectivity index (χ3v) is 1.25. The summed E-state index contributed by atoms with van der Waals surface area (Å²) in [5.74, 6) is 0. The summed E-state index contributed by atoms with van der Waals surface area (Å²) in [6.07, 6.45) is 3.81. The maximum atomic E-state index is 8.42. The van der Waals surface area contributed by atoms with Crippen LogP contribution in [0.25, 0.3) is 0 Å². The van der Waals surface area contributed by atoms with Crippen molar-refractivity contribution in [3.05, 3.63) is 37.5 Å². The summed E-state index contributed by atoms with van der Waals surface area (Å²) in [6.45, 7) is 13.2. The second kappa shape index (κ2) is 12.8. The van der Waals surface area contributed by atoms with Crippen molar-refractivity contribution in [1.29, 1.82) is 0 Å². The van der Waals surface area contributed by atoms with E-state index in [1.54, 1.807) is 0 Å². The van der Waals surface area contributed by atoms with Gasteiger partial charge in [-0.05, 0) is 12.5 Å². The number of aliphatic hydroxyl groups excluding tert-OH is 1. The fraction of sp³-hybridized carbons (Fsp3) is 0.400. The smallest absolute Gasteiger partial charge is 0.0556 e. The zero-order valence-corrected chi connectivity index (χ0v) is 7.84. The first kappa shape index (κ1) is 13.7. The van der Waals surface area contributed by atoms with E-state index >= 15 is 0 Å². The summed E-state index contributed by atoms with van der Waals surface area (Å²) in [4.78, 5) is 0. The third kappa shape index (κ3) is 9.14. The number of hydrogen-bond acceptors (Lipinski definition) is 2. The van der Waals surface area contributed by atoms with Gasteiger partial charge >= 0.3 is 0 Å². The van der Waals surface area contributed by atoms with E-state index in [0.29, 0.717) is 6.54 Å². The van der Waals surface area contributed by atoms with E-state index in [1.165, 1.54) is 0 Å². The Hall–Kier alpha value is -0.860. The lowest BCUT2D eigenvalue weighted by molar-refractivity contribution is 0.294. The Morgan fingerprint density at radius 2 is 2.08 bits per heavy atom. The molecule has 0 aromatic heterocycles. The van der Waals surface area contributed by atoms with Crippen molar-refractivity contribution in [1.82, 2.24) is 5.32 Å². The first-order valence-corrected chi connectivity index (χ1v) is 3.94. The van der Waals surface area contributed by atoms with E-state index in [9.17, 15) is 0 Å². The highest BCUT2D eigenvalue weighted by molar-refractivity contribution is 5.16. The lowest BCUT2D eigenvalue weighted by atomic mass is 10.2. The standard InChI is InChI=1S/C8H15NO.C2H4/c1-3-8(4-2)7-9-5-6-10;1-2/h3-4,9-10H,1,5-7H2,2H3;1-2H2/b8-4+;. The van der Waals surface area contributed by atoms with E-state index in [-0.39, 0.29) is 6.61 Å². The molecule has 0 spiro atoms. The molecular formula is C10H19NO. The largest absolute Gasteiger partial charge is 0.395 e. The molecule has 2 N–H and O–H groups in total. The molecule has 12 heavy (non-hydrogen) atoms. The lowest BCUT2D eigenvalue weighted by Crippen LogP contribution is -2.20. The van der Waals surface area contributed by atoms with Crippen molar-refractivity contribution >= 4 is 0 Å². The summed E-state index contributed by atoms with van der Waals surface area (Å²) in [5, 5.41) is 11.5. The molecule has 0 unspecified atom stereocenters. The fourth-order valence-electron chi connectivity index (χ4n) is 0.604. The molecule has 0 radical (unpaired) electrons. The highest BCUT2D eigenvalue weighted by Crippen LogP contribution is 1.90. The summed E-state index contributed by atoms with van der Waals surface area (Å²) in [6, 6.07) is 0. The molecule has 0 aliphatic heterocycles. The van der Waals surface area contributed by atoms with E-state index in [1.807, 2.05) is 19.1 Å². The molecule has 0 bridgehead atoms. The molecule has 0 rings (SSSR count). The van der Waals surface area contributed by atoms with Gasteiger partial charge < -0.3 is 10.4 Å². The Morgan fingerprint density at radius 3 is 2.42 bits per heavy atom. The van der Waals surface area contributed by atoms with Gasteiger partial charge in [0.2, 0.25) is 0 Å². The molecule has 70 valence electrons. The Bertz CT molecular complexity index is 130. The molecular weight excluding hydrogens is 150 g/mol. The fourth-order valence-corrected chi connectivity index (χ4v) is 0.604. The number of rotatable bonds is 5. The lowest BCUT2D eigenvalue weighted by Gasteiger charge is -2.01. The van der Waals surface area contributed by atoms with Gasteiger partial charge in [-0.1, -0.05) is 18.7 Å². The minimum Gasteiger partial charge on any atom is -0.395 e. The topological polar surface area (TPSA) is 32.3 Å². The van der Waals surface area contributed by atoms with Crippen LogP contribution in [-0.4, -0.2) is 24.8 Å². The SMILES string of the molecule is C=C.C=C/C(=C\C)CNCCO. The molecule has 0 saturated carbocycles. The van der Waals surface area contributed by atoms with Gasteiger partial charge in [0.1, 0.15) is 0 Å². The van der Waals surface area contributed by atoms with Gasteiger partial charge in [-0.2, -0.15) is 0 Å². The van der Waals surface area contributed by atoms with Crippen molar-refractivity contribution in [2.24, 2.45) is 0 Å². The van der Waals surface area contributed by atoms with Crippen LogP contribution in [-0.2, 0) is 0 Å². The Labute approximate surface area is 75.3 Å². The second-order valence-electron chi connectivity index (χ2n) is 1.97. The van der Waals surface area contributed by atoms with Crippen molar-refractivity contribution in [2.45, 2.75) is 6.92 Å². The molecule has 2 heteroatoms. The first-order valence-electron chi connectivity index (χ1n) is 3.94. The summed E-state index contributed by atoms with van der Waals surface area (Å²) < 4.78 is 0. The normalized spacial score (nSPS) is 10.0. The zero-order valence-electron chi connectivity index (χ0n) is 7.84. The van der Waals surface area contributed by atoms with Crippen molar-refractivity contribution in [3.63, 3.8) is 0 Å². The van der Waals surface area contributed by atoms with Crippen LogP contribution in [0.15, 0.2) is 37.5 Å². The Kier molecular flexibility index (Phi) is 14.6. The van der Waals surface area contributed by atoms with E-state index < -0.39 is 0 Å². The highest BCUT2D eigenvalue weighted by Gasteiger charge is 1.87. The zero-order chi connectivity index (χ0) is 9.82. The molecule has 0 aliphatic rings. The van der Waals surface area contributed by atoms with Gasteiger partial charge in [0.05, 0.1) is 6.61 Å². The van der Waals surface area contributed by atoms with Crippen LogP contribution >= 0.6 is 0 Å². The molecule has 0 atom stereocenters. The molecule has 0 heterocycles. The molecule has 0 amide bonds. The van der Waals surface area contributed by atoms with Crippen LogP contribution < -0.4 is 5.32 Å². The second-order valence-corrected chi connectivity index (χ2v) is 1.97. The van der Waals surface area contributed by atoms with Crippen LogP contribution in [0.5, 0.6) is 0 Å². The first-order chi connectivity index (χ1) is 5.85. The maximum absolute atomic E-state index is 8.42. The van der Waals surface area contributed by atoms with E-state index in [2.05, 4.69) is 25.1 Å². The van der Waals surface area contributed by atoms with Gasteiger partial charge in [-0.25, -0.2) is 0 Å². The minimum atomic E-state index is 0.189. The van der Waals surface area contributed by atoms with Crippen LogP contribution in [0.1, 0.15) is 6.92 Å².